The van der Waals surface area contributed by atoms with Crippen LogP contribution in [0.2, 0.25) is 0 Å². The largest absolute Gasteiger partial charge is 0.383 e. The predicted molar refractivity (Wildman–Crippen MR) is 82.3 cm³/mol. The Morgan fingerprint density at radius 1 is 1.36 bits per heavy atom. The number of carbonyl (C=O) groups excluding carboxylic acids is 1. The van der Waals surface area contributed by atoms with Crippen LogP contribution in [-0.4, -0.2) is 50.9 Å². The number of hydrogen-bond acceptors (Lipinski definition) is 6. The van der Waals surface area contributed by atoms with Crippen molar-refractivity contribution >= 4 is 17.3 Å². The number of rotatable bonds is 9. The van der Waals surface area contributed by atoms with Gasteiger partial charge in [-0.2, -0.15) is 0 Å². The summed E-state index contributed by atoms with van der Waals surface area (Å²) < 4.78 is 9.82. The standard InChI is InChI=1S/C14H21N3O5/c1-10(9-22-3)16-14(18)11-4-5-12(15-6-7-21-2)13(8-11)17(19)20/h4-5,8,10,15H,6-7,9H2,1-3H3,(H,16,18). The minimum Gasteiger partial charge on any atom is -0.383 e. The van der Waals surface area contributed by atoms with Crippen LogP contribution in [0.15, 0.2) is 18.2 Å². The Morgan fingerprint density at radius 3 is 2.68 bits per heavy atom. The molecule has 0 heterocycles. The van der Waals surface area contributed by atoms with Gasteiger partial charge in [0.25, 0.3) is 11.6 Å². The summed E-state index contributed by atoms with van der Waals surface area (Å²) in [5.74, 6) is -0.379. The van der Waals surface area contributed by atoms with Gasteiger partial charge in [0.1, 0.15) is 5.69 Å². The van der Waals surface area contributed by atoms with E-state index in [4.69, 9.17) is 9.47 Å². The maximum atomic E-state index is 12.0. The third-order valence-corrected chi connectivity index (χ3v) is 2.87. The van der Waals surface area contributed by atoms with Crippen LogP contribution >= 0.6 is 0 Å². The van der Waals surface area contributed by atoms with Gasteiger partial charge in [-0.1, -0.05) is 0 Å². The number of ether oxygens (including phenoxy) is 2. The van der Waals surface area contributed by atoms with Crippen LogP contribution in [0.1, 0.15) is 17.3 Å². The first-order chi connectivity index (χ1) is 10.5. The fourth-order valence-electron chi connectivity index (χ4n) is 1.86. The van der Waals surface area contributed by atoms with Crippen molar-refractivity contribution in [1.82, 2.24) is 5.32 Å². The highest BCUT2D eigenvalue weighted by Crippen LogP contribution is 2.25. The first-order valence-corrected chi connectivity index (χ1v) is 6.80. The van der Waals surface area contributed by atoms with Gasteiger partial charge in [-0.25, -0.2) is 0 Å². The van der Waals surface area contributed by atoms with Crippen LogP contribution in [0.25, 0.3) is 0 Å². The zero-order valence-corrected chi connectivity index (χ0v) is 12.9. The molecule has 0 fully saturated rings. The Morgan fingerprint density at radius 2 is 2.09 bits per heavy atom. The van der Waals surface area contributed by atoms with Gasteiger partial charge in [0.05, 0.1) is 18.1 Å². The van der Waals surface area contributed by atoms with Crippen molar-refractivity contribution in [3.63, 3.8) is 0 Å². The van der Waals surface area contributed by atoms with Crippen LogP contribution in [0.5, 0.6) is 0 Å². The second kappa shape index (κ2) is 8.96. The topological polar surface area (TPSA) is 103 Å². The number of carbonyl (C=O) groups is 1. The van der Waals surface area contributed by atoms with Gasteiger partial charge in [-0.3, -0.25) is 14.9 Å². The fraction of sp³-hybridized carbons (Fsp3) is 0.500. The molecule has 22 heavy (non-hydrogen) atoms. The molecule has 1 amide bonds. The summed E-state index contributed by atoms with van der Waals surface area (Å²) in [5.41, 5.74) is 0.429. The molecular weight excluding hydrogens is 290 g/mol. The summed E-state index contributed by atoms with van der Waals surface area (Å²) in [7, 11) is 3.08. The van der Waals surface area contributed by atoms with E-state index in [1.165, 1.54) is 25.3 Å². The third-order valence-electron chi connectivity index (χ3n) is 2.87. The quantitative estimate of drug-likeness (QED) is 0.406. The summed E-state index contributed by atoms with van der Waals surface area (Å²) >= 11 is 0. The molecule has 1 rings (SSSR count). The normalized spacial score (nSPS) is 11.8. The van der Waals surface area contributed by atoms with Crippen molar-refractivity contribution in [2.45, 2.75) is 13.0 Å². The minimum absolute atomic E-state index is 0.150. The summed E-state index contributed by atoms with van der Waals surface area (Å²) in [6.07, 6.45) is 0. The Balaban J connectivity index is 2.87. The molecule has 0 spiro atoms. The first kappa shape index (κ1) is 17.9. The van der Waals surface area contributed by atoms with Crippen LogP contribution in [0.3, 0.4) is 0 Å². The van der Waals surface area contributed by atoms with E-state index in [1.54, 1.807) is 14.0 Å². The Bertz CT molecular complexity index is 521. The molecule has 0 radical (unpaired) electrons. The van der Waals surface area contributed by atoms with Gasteiger partial charge in [0.2, 0.25) is 0 Å². The van der Waals surface area contributed by atoms with E-state index >= 15 is 0 Å². The number of benzene rings is 1. The van der Waals surface area contributed by atoms with Crippen molar-refractivity contribution in [3.05, 3.63) is 33.9 Å². The lowest BCUT2D eigenvalue weighted by Gasteiger charge is -2.13. The van der Waals surface area contributed by atoms with E-state index in [1.807, 2.05) is 0 Å². The maximum Gasteiger partial charge on any atom is 0.293 e. The van der Waals surface area contributed by atoms with E-state index in [-0.39, 0.29) is 23.2 Å². The molecule has 2 N–H and O–H groups in total. The lowest BCUT2D eigenvalue weighted by molar-refractivity contribution is -0.384. The SMILES string of the molecule is COCCNc1ccc(C(=O)NC(C)COC)cc1[N+](=O)[O-]. The fourth-order valence-corrected chi connectivity index (χ4v) is 1.86. The van der Waals surface area contributed by atoms with E-state index in [9.17, 15) is 14.9 Å². The lowest BCUT2D eigenvalue weighted by Crippen LogP contribution is -2.35. The highest BCUT2D eigenvalue weighted by molar-refractivity contribution is 5.95. The zero-order chi connectivity index (χ0) is 16.5. The second-order valence-electron chi connectivity index (χ2n) is 4.74. The molecule has 1 aromatic carbocycles. The maximum absolute atomic E-state index is 12.0. The highest BCUT2D eigenvalue weighted by Gasteiger charge is 2.18. The van der Waals surface area contributed by atoms with Crippen molar-refractivity contribution in [2.24, 2.45) is 0 Å². The van der Waals surface area contributed by atoms with Gasteiger partial charge in [0.15, 0.2) is 0 Å². The number of anilines is 1. The number of amides is 1. The molecule has 0 aliphatic heterocycles. The molecule has 0 bridgehead atoms. The molecule has 0 aliphatic carbocycles. The number of nitro benzene ring substituents is 1. The second-order valence-corrected chi connectivity index (χ2v) is 4.74. The Labute approximate surface area is 128 Å². The van der Waals surface area contributed by atoms with E-state index < -0.39 is 4.92 Å². The predicted octanol–water partition coefficient (Wildman–Crippen LogP) is 1.42. The van der Waals surface area contributed by atoms with Gasteiger partial charge in [0, 0.05) is 38.4 Å². The molecule has 0 saturated carbocycles. The van der Waals surface area contributed by atoms with Gasteiger partial charge >= 0.3 is 0 Å². The van der Waals surface area contributed by atoms with Crippen molar-refractivity contribution < 1.29 is 19.2 Å². The van der Waals surface area contributed by atoms with Gasteiger partial charge in [-0.15, -0.1) is 0 Å². The number of nitrogens with one attached hydrogen (secondary N) is 2. The Kier molecular flexibility index (Phi) is 7.27. The van der Waals surface area contributed by atoms with Gasteiger partial charge in [-0.05, 0) is 19.1 Å². The van der Waals surface area contributed by atoms with E-state index in [0.29, 0.717) is 25.4 Å². The molecule has 1 unspecified atom stereocenters. The van der Waals surface area contributed by atoms with Crippen molar-refractivity contribution in [2.75, 3.05) is 39.3 Å². The van der Waals surface area contributed by atoms with Crippen molar-refractivity contribution in [1.29, 1.82) is 0 Å². The smallest absolute Gasteiger partial charge is 0.293 e. The molecule has 8 nitrogen and oxygen atoms in total. The monoisotopic (exact) mass is 311 g/mol. The number of nitro groups is 1. The summed E-state index contributed by atoms with van der Waals surface area (Å²) in [5, 5.41) is 16.7. The average molecular weight is 311 g/mol. The molecule has 0 saturated heterocycles. The summed E-state index contributed by atoms with van der Waals surface area (Å²) in [6, 6.07) is 4.13. The number of methoxy groups -OCH3 is 2. The Hall–Kier alpha value is -2.19. The molecule has 0 aromatic heterocycles. The van der Waals surface area contributed by atoms with Crippen molar-refractivity contribution in [3.8, 4) is 0 Å². The van der Waals surface area contributed by atoms with E-state index in [2.05, 4.69) is 10.6 Å². The van der Waals surface area contributed by atoms with Crippen LogP contribution in [-0.2, 0) is 9.47 Å². The summed E-state index contributed by atoms with van der Waals surface area (Å²) in [4.78, 5) is 22.7. The average Bonchev–Trinajstić information content (AvgIpc) is 2.47. The molecule has 1 atom stereocenters. The molecule has 122 valence electrons. The molecule has 1 aromatic rings. The number of nitrogens with zero attached hydrogens (tertiary/aromatic N) is 1. The zero-order valence-electron chi connectivity index (χ0n) is 12.9. The van der Waals surface area contributed by atoms with Crippen LogP contribution in [0, 0.1) is 10.1 Å². The molecular formula is C14H21N3O5. The minimum atomic E-state index is -0.523. The number of hydrogen-bond donors (Lipinski definition) is 2. The molecule has 0 aliphatic rings. The molecule has 8 heteroatoms. The van der Waals surface area contributed by atoms with Crippen LogP contribution in [0.4, 0.5) is 11.4 Å². The highest BCUT2D eigenvalue weighted by atomic mass is 16.6. The lowest BCUT2D eigenvalue weighted by atomic mass is 10.1. The van der Waals surface area contributed by atoms with Gasteiger partial charge < -0.3 is 20.1 Å². The van der Waals surface area contributed by atoms with Crippen LogP contribution < -0.4 is 10.6 Å². The first-order valence-electron chi connectivity index (χ1n) is 6.80. The van der Waals surface area contributed by atoms with E-state index in [0.717, 1.165) is 0 Å². The third kappa shape index (κ3) is 5.30. The summed E-state index contributed by atoms with van der Waals surface area (Å²) in [6.45, 7) is 3.02.